The summed E-state index contributed by atoms with van der Waals surface area (Å²) in [5.74, 6) is 0. The third kappa shape index (κ3) is 4.93. The molecule has 2 N–H and O–H groups in total. The number of aliphatic hydroxyl groups is 1. The molecule has 0 amide bonds. The molecule has 5 heteroatoms. The van der Waals surface area contributed by atoms with Gasteiger partial charge in [-0.25, -0.2) is 0 Å². The SMILES string of the molecule is OCCOCCNCc1cc(Cl)cs1. The van der Waals surface area contributed by atoms with Crippen LogP contribution in [0.4, 0.5) is 0 Å². The molecule has 14 heavy (non-hydrogen) atoms. The smallest absolute Gasteiger partial charge is 0.0698 e. The minimum Gasteiger partial charge on any atom is -0.394 e. The first-order chi connectivity index (χ1) is 6.83. The van der Waals surface area contributed by atoms with Crippen molar-refractivity contribution in [3.63, 3.8) is 0 Å². The van der Waals surface area contributed by atoms with Crippen LogP contribution >= 0.6 is 22.9 Å². The van der Waals surface area contributed by atoms with E-state index in [1.165, 1.54) is 4.88 Å². The lowest BCUT2D eigenvalue weighted by atomic mass is 10.4. The lowest BCUT2D eigenvalue weighted by Gasteiger charge is -2.03. The average molecular weight is 236 g/mol. The Kier molecular flexibility index (Phi) is 6.14. The molecule has 80 valence electrons. The number of thiophene rings is 1. The van der Waals surface area contributed by atoms with E-state index in [0.29, 0.717) is 13.2 Å². The summed E-state index contributed by atoms with van der Waals surface area (Å²) in [6.07, 6.45) is 0. The van der Waals surface area contributed by atoms with E-state index in [2.05, 4.69) is 5.32 Å². The molecule has 0 aliphatic rings. The summed E-state index contributed by atoms with van der Waals surface area (Å²) in [5.41, 5.74) is 0. The first kappa shape index (κ1) is 11.9. The Hall–Kier alpha value is -0.130. The van der Waals surface area contributed by atoms with Crippen LogP contribution in [0.25, 0.3) is 0 Å². The summed E-state index contributed by atoms with van der Waals surface area (Å²) in [7, 11) is 0. The molecule has 1 aromatic rings. The quantitative estimate of drug-likeness (QED) is 0.704. The maximum absolute atomic E-state index is 8.45. The summed E-state index contributed by atoms with van der Waals surface area (Å²) in [6, 6.07) is 1.95. The average Bonchev–Trinajstić information content (AvgIpc) is 2.58. The van der Waals surface area contributed by atoms with Gasteiger partial charge in [-0.2, -0.15) is 0 Å². The van der Waals surface area contributed by atoms with Crippen molar-refractivity contribution < 1.29 is 9.84 Å². The van der Waals surface area contributed by atoms with Crippen LogP contribution < -0.4 is 5.32 Å². The number of ether oxygens (including phenoxy) is 1. The van der Waals surface area contributed by atoms with Gasteiger partial charge in [-0.3, -0.25) is 0 Å². The molecular formula is C9H14ClNO2S. The Morgan fingerprint density at radius 1 is 1.50 bits per heavy atom. The molecular weight excluding hydrogens is 222 g/mol. The fourth-order valence-corrected chi connectivity index (χ4v) is 2.01. The molecule has 0 radical (unpaired) electrons. The van der Waals surface area contributed by atoms with E-state index in [1.54, 1.807) is 11.3 Å². The molecule has 1 rings (SSSR count). The number of hydrogen-bond acceptors (Lipinski definition) is 4. The monoisotopic (exact) mass is 235 g/mol. The van der Waals surface area contributed by atoms with Crippen LogP contribution in [-0.4, -0.2) is 31.5 Å². The van der Waals surface area contributed by atoms with Crippen molar-refractivity contribution in [2.45, 2.75) is 6.54 Å². The van der Waals surface area contributed by atoms with Gasteiger partial charge < -0.3 is 15.2 Å². The van der Waals surface area contributed by atoms with Crippen molar-refractivity contribution in [2.24, 2.45) is 0 Å². The highest BCUT2D eigenvalue weighted by Gasteiger charge is 1.96. The second-order valence-corrected chi connectivity index (χ2v) is 4.18. The van der Waals surface area contributed by atoms with Crippen LogP contribution in [0, 0.1) is 0 Å². The molecule has 0 saturated heterocycles. The number of nitrogens with one attached hydrogen (secondary N) is 1. The fourth-order valence-electron chi connectivity index (χ4n) is 0.969. The lowest BCUT2D eigenvalue weighted by molar-refractivity contribution is 0.0938. The zero-order valence-electron chi connectivity index (χ0n) is 7.83. The van der Waals surface area contributed by atoms with Gasteiger partial charge in [0, 0.05) is 23.3 Å². The number of aliphatic hydroxyl groups excluding tert-OH is 1. The van der Waals surface area contributed by atoms with E-state index < -0.39 is 0 Å². The standard InChI is InChI=1S/C9H14ClNO2S/c10-8-5-9(14-7-8)6-11-1-3-13-4-2-12/h5,7,11-12H,1-4,6H2. The van der Waals surface area contributed by atoms with Crippen molar-refractivity contribution in [2.75, 3.05) is 26.4 Å². The van der Waals surface area contributed by atoms with Crippen molar-refractivity contribution in [1.82, 2.24) is 5.32 Å². The summed E-state index contributed by atoms with van der Waals surface area (Å²) in [5, 5.41) is 14.4. The third-order valence-electron chi connectivity index (χ3n) is 1.58. The van der Waals surface area contributed by atoms with E-state index in [-0.39, 0.29) is 6.61 Å². The van der Waals surface area contributed by atoms with Gasteiger partial charge in [0.25, 0.3) is 0 Å². The minimum absolute atomic E-state index is 0.0839. The molecule has 0 saturated carbocycles. The predicted molar refractivity (Wildman–Crippen MR) is 58.9 cm³/mol. The maximum Gasteiger partial charge on any atom is 0.0698 e. The van der Waals surface area contributed by atoms with E-state index in [4.69, 9.17) is 21.4 Å². The molecule has 1 heterocycles. The fraction of sp³-hybridized carbons (Fsp3) is 0.556. The van der Waals surface area contributed by atoms with E-state index >= 15 is 0 Å². The Labute approximate surface area is 92.7 Å². The minimum atomic E-state index is 0.0839. The largest absolute Gasteiger partial charge is 0.394 e. The molecule has 0 spiro atoms. The zero-order valence-corrected chi connectivity index (χ0v) is 9.40. The van der Waals surface area contributed by atoms with Crippen LogP contribution in [0.1, 0.15) is 4.88 Å². The van der Waals surface area contributed by atoms with Gasteiger partial charge in [0.05, 0.1) is 24.8 Å². The second-order valence-electron chi connectivity index (χ2n) is 2.74. The van der Waals surface area contributed by atoms with Gasteiger partial charge in [0.1, 0.15) is 0 Å². The van der Waals surface area contributed by atoms with Crippen molar-refractivity contribution in [1.29, 1.82) is 0 Å². The zero-order chi connectivity index (χ0) is 10.2. The van der Waals surface area contributed by atoms with Gasteiger partial charge in [-0.1, -0.05) is 11.6 Å². The molecule has 1 aromatic heterocycles. The van der Waals surface area contributed by atoms with Crippen molar-refractivity contribution in [3.8, 4) is 0 Å². The van der Waals surface area contributed by atoms with Gasteiger partial charge in [-0.15, -0.1) is 11.3 Å². The van der Waals surface area contributed by atoms with E-state index in [0.717, 1.165) is 18.1 Å². The lowest BCUT2D eigenvalue weighted by Crippen LogP contribution is -2.19. The first-order valence-electron chi connectivity index (χ1n) is 4.45. The molecule has 0 aliphatic heterocycles. The number of halogens is 1. The van der Waals surface area contributed by atoms with Gasteiger partial charge in [-0.05, 0) is 6.07 Å². The highest BCUT2D eigenvalue weighted by Crippen LogP contribution is 2.18. The Morgan fingerprint density at radius 3 is 3.00 bits per heavy atom. The molecule has 0 unspecified atom stereocenters. The van der Waals surface area contributed by atoms with Gasteiger partial charge in [0.15, 0.2) is 0 Å². The topological polar surface area (TPSA) is 41.5 Å². The molecule has 0 aromatic carbocycles. The first-order valence-corrected chi connectivity index (χ1v) is 5.71. The van der Waals surface area contributed by atoms with Crippen molar-refractivity contribution in [3.05, 3.63) is 21.3 Å². The second kappa shape index (κ2) is 7.20. The summed E-state index contributed by atoms with van der Waals surface area (Å²) >= 11 is 7.41. The third-order valence-corrected chi connectivity index (χ3v) is 2.86. The molecule has 3 nitrogen and oxygen atoms in total. The molecule has 0 atom stereocenters. The summed E-state index contributed by atoms with van der Waals surface area (Å²) in [6.45, 7) is 2.72. The summed E-state index contributed by atoms with van der Waals surface area (Å²) < 4.78 is 5.09. The van der Waals surface area contributed by atoms with Crippen LogP contribution in [0.15, 0.2) is 11.4 Å². The predicted octanol–water partition coefficient (Wildman–Crippen LogP) is 1.50. The van der Waals surface area contributed by atoms with E-state index in [9.17, 15) is 0 Å². The highest BCUT2D eigenvalue weighted by atomic mass is 35.5. The van der Waals surface area contributed by atoms with Gasteiger partial charge in [0.2, 0.25) is 0 Å². The maximum atomic E-state index is 8.45. The summed E-state index contributed by atoms with van der Waals surface area (Å²) in [4.78, 5) is 1.22. The van der Waals surface area contributed by atoms with Crippen molar-refractivity contribution >= 4 is 22.9 Å². The Morgan fingerprint density at radius 2 is 2.36 bits per heavy atom. The number of rotatable bonds is 7. The molecule has 0 bridgehead atoms. The van der Waals surface area contributed by atoms with Crippen LogP contribution in [0.3, 0.4) is 0 Å². The normalized spacial score (nSPS) is 10.7. The van der Waals surface area contributed by atoms with Crippen LogP contribution in [0.2, 0.25) is 5.02 Å². The number of hydrogen-bond donors (Lipinski definition) is 2. The van der Waals surface area contributed by atoms with Crippen LogP contribution in [0.5, 0.6) is 0 Å². The Bertz CT molecular complexity index is 255. The van der Waals surface area contributed by atoms with Gasteiger partial charge >= 0.3 is 0 Å². The van der Waals surface area contributed by atoms with E-state index in [1.807, 2.05) is 11.4 Å². The van der Waals surface area contributed by atoms with Crippen LogP contribution in [-0.2, 0) is 11.3 Å². The highest BCUT2D eigenvalue weighted by molar-refractivity contribution is 7.10. The molecule has 0 aliphatic carbocycles. The molecule has 0 fully saturated rings. The Balaban J connectivity index is 1.99.